The van der Waals surface area contributed by atoms with Gasteiger partial charge >= 0.3 is 0 Å². The topological polar surface area (TPSA) is 29.9 Å². The van der Waals surface area contributed by atoms with Gasteiger partial charge in [0.1, 0.15) is 5.82 Å². The summed E-state index contributed by atoms with van der Waals surface area (Å²) in [5, 5.41) is 3.40. The molecule has 1 rings (SSSR count). The Balaban J connectivity index is 2.90. The van der Waals surface area contributed by atoms with E-state index in [1.807, 2.05) is 13.2 Å². The zero-order valence-electron chi connectivity index (χ0n) is 10.3. The predicted octanol–water partition coefficient (Wildman–Crippen LogP) is 2.60. The van der Waals surface area contributed by atoms with Gasteiger partial charge in [-0.25, -0.2) is 4.98 Å². The zero-order valence-corrected chi connectivity index (χ0v) is 10.3. The average molecular weight is 209 g/mol. The number of imidazole rings is 1. The lowest BCUT2D eigenvalue weighted by molar-refractivity contribution is 0.337. The molecule has 0 radical (unpaired) electrons. The van der Waals surface area contributed by atoms with E-state index in [0.717, 1.165) is 6.54 Å². The van der Waals surface area contributed by atoms with Gasteiger partial charge in [-0.05, 0) is 19.9 Å². The van der Waals surface area contributed by atoms with E-state index in [1.54, 1.807) is 0 Å². The van der Waals surface area contributed by atoms with Gasteiger partial charge < -0.3 is 9.88 Å². The molecule has 1 heterocycles. The van der Waals surface area contributed by atoms with Gasteiger partial charge in [-0.15, -0.1) is 0 Å². The van der Waals surface area contributed by atoms with Gasteiger partial charge in [-0.1, -0.05) is 26.7 Å². The van der Waals surface area contributed by atoms with Gasteiger partial charge in [0.25, 0.3) is 0 Å². The molecular weight excluding hydrogens is 186 g/mol. The Bertz CT molecular complexity index is 276. The Morgan fingerprint density at radius 3 is 2.47 bits per heavy atom. The molecule has 15 heavy (non-hydrogen) atoms. The van der Waals surface area contributed by atoms with Crippen LogP contribution >= 0.6 is 0 Å². The van der Waals surface area contributed by atoms with Crippen molar-refractivity contribution < 1.29 is 0 Å². The number of hydrogen-bond donors (Lipinski definition) is 1. The highest BCUT2D eigenvalue weighted by Crippen LogP contribution is 2.25. The Labute approximate surface area is 92.9 Å². The van der Waals surface area contributed by atoms with Gasteiger partial charge in [-0.2, -0.15) is 0 Å². The first-order chi connectivity index (χ1) is 7.28. The van der Waals surface area contributed by atoms with E-state index < -0.39 is 0 Å². The van der Waals surface area contributed by atoms with Gasteiger partial charge in [0, 0.05) is 18.9 Å². The van der Waals surface area contributed by atoms with Gasteiger partial charge in [-0.3, -0.25) is 0 Å². The summed E-state index contributed by atoms with van der Waals surface area (Å²) < 4.78 is 2.22. The minimum absolute atomic E-state index is 0.384. The molecule has 0 fully saturated rings. The number of rotatable bonds is 6. The molecule has 1 aromatic heterocycles. The van der Waals surface area contributed by atoms with Gasteiger partial charge in [0.2, 0.25) is 0 Å². The van der Waals surface area contributed by atoms with E-state index >= 15 is 0 Å². The van der Waals surface area contributed by atoms with Crippen LogP contribution in [0.3, 0.4) is 0 Å². The van der Waals surface area contributed by atoms with Crippen LogP contribution in [0, 0.1) is 5.92 Å². The summed E-state index contributed by atoms with van der Waals surface area (Å²) in [5.41, 5.74) is 0. The van der Waals surface area contributed by atoms with E-state index in [9.17, 15) is 0 Å². The van der Waals surface area contributed by atoms with Crippen molar-refractivity contribution in [1.82, 2.24) is 14.9 Å². The number of hydrogen-bond acceptors (Lipinski definition) is 2. The average Bonchev–Trinajstić information content (AvgIpc) is 2.73. The lowest BCUT2D eigenvalue weighted by Gasteiger charge is -2.24. The first kappa shape index (κ1) is 12.2. The normalized spacial score (nSPS) is 13.4. The van der Waals surface area contributed by atoms with Gasteiger partial charge in [0.15, 0.2) is 0 Å². The van der Waals surface area contributed by atoms with Crippen LogP contribution in [0.2, 0.25) is 0 Å². The molecule has 1 N–H and O–H groups in total. The van der Waals surface area contributed by atoms with Crippen LogP contribution in [0.15, 0.2) is 12.4 Å². The van der Waals surface area contributed by atoms with Crippen LogP contribution in [0.5, 0.6) is 0 Å². The second-order valence-electron chi connectivity index (χ2n) is 3.91. The predicted molar refractivity (Wildman–Crippen MR) is 63.8 cm³/mol. The summed E-state index contributed by atoms with van der Waals surface area (Å²) in [6.45, 7) is 7.65. The lowest BCUT2D eigenvalue weighted by Crippen LogP contribution is -2.27. The lowest BCUT2D eigenvalue weighted by atomic mass is 9.93. The van der Waals surface area contributed by atoms with Crippen LogP contribution in [-0.4, -0.2) is 16.6 Å². The first-order valence-electron chi connectivity index (χ1n) is 5.96. The smallest absolute Gasteiger partial charge is 0.126 e. The molecule has 0 aliphatic carbocycles. The molecule has 86 valence electrons. The summed E-state index contributed by atoms with van der Waals surface area (Å²) in [6.07, 6.45) is 6.34. The van der Waals surface area contributed by atoms with Crippen molar-refractivity contribution in [2.45, 2.75) is 46.2 Å². The van der Waals surface area contributed by atoms with E-state index in [4.69, 9.17) is 0 Å². The maximum Gasteiger partial charge on any atom is 0.126 e. The maximum atomic E-state index is 4.48. The standard InChI is InChI=1S/C12H23N3/c1-5-10(6-2)11(13-4)12-14-8-9-15(12)7-3/h8-11,13H,5-7H2,1-4H3. The fourth-order valence-corrected chi connectivity index (χ4v) is 2.20. The molecule has 0 aliphatic rings. The summed E-state index contributed by atoms with van der Waals surface area (Å²) >= 11 is 0. The van der Waals surface area contributed by atoms with Crippen LogP contribution in [0.4, 0.5) is 0 Å². The Morgan fingerprint density at radius 1 is 1.33 bits per heavy atom. The fourth-order valence-electron chi connectivity index (χ4n) is 2.20. The Kier molecular flexibility index (Phi) is 4.82. The number of nitrogens with zero attached hydrogens (tertiary/aromatic N) is 2. The molecule has 1 unspecified atom stereocenters. The molecular formula is C12H23N3. The molecule has 0 spiro atoms. The molecule has 1 atom stereocenters. The van der Waals surface area contributed by atoms with Crippen molar-refractivity contribution in [3.05, 3.63) is 18.2 Å². The molecule has 0 aromatic carbocycles. The van der Waals surface area contributed by atoms with Crippen LogP contribution in [-0.2, 0) is 6.54 Å². The van der Waals surface area contributed by atoms with Crippen molar-refractivity contribution in [3.63, 3.8) is 0 Å². The Morgan fingerprint density at radius 2 is 2.00 bits per heavy atom. The van der Waals surface area contributed by atoms with Crippen molar-refractivity contribution in [2.75, 3.05) is 7.05 Å². The monoisotopic (exact) mass is 209 g/mol. The molecule has 0 amide bonds. The second kappa shape index (κ2) is 5.91. The zero-order chi connectivity index (χ0) is 11.3. The van der Waals surface area contributed by atoms with E-state index in [-0.39, 0.29) is 0 Å². The minimum Gasteiger partial charge on any atom is -0.334 e. The van der Waals surface area contributed by atoms with E-state index in [2.05, 4.69) is 41.8 Å². The number of aryl methyl sites for hydroxylation is 1. The van der Waals surface area contributed by atoms with Gasteiger partial charge in [0.05, 0.1) is 6.04 Å². The molecule has 0 saturated carbocycles. The minimum atomic E-state index is 0.384. The highest BCUT2D eigenvalue weighted by molar-refractivity contribution is 5.01. The summed E-state index contributed by atoms with van der Waals surface area (Å²) in [6, 6.07) is 0.384. The largest absolute Gasteiger partial charge is 0.334 e. The highest BCUT2D eigenvalue weighted by atomic mass is 15.1. The SMILES string of the molecule is CCC(CC)C(NC)c1nccn1CC. The quantitative estimate of drug-likeness (QED) is 0.780. The highest BCUT2D eigenvalue weighted by Gasteiger charge is 2.22. The van der Waals surface area contributed by atoms with Crippen LogP contribution < -0.4 is 5.32 Å². The fraction of sp³-hybridized carbons (Fsp3) is 0.750. The van der Waals surface area contributed by atoms with Crippen molar-refractivity contribution >= 4 is 0 Å². The third-order valence-electron chi connectivity index (χ3n) is 3.20. The Hall–Kier alpha value is -0.830. The number of aromatic nitrogens is 2. The third kappa shape index (κ3) is 2.59. The molecule has 0 bridgehead atoms. The van der Waals surface area contributed by atoms with Crippen LogP contribution in [0.25, 0.3) is 0 Å². The molecule has 3 nitrogen and oxygen atoms in total. The maximum absolute atomic E-state index is 4.48. The van der Waals surface area contributed by atoms with Crippen molar-refractivity contribution in [1.29, 1.82) is 0 Å². The van der Waals surface area contributed by atoms with Crippen molar-refractivity contribution in [3.8, 4) is 0 Å². The summed E-state index contributed by atoms with van der Waals surface area (Å²) in [4.78, 5) is 4.48. The summed E-state index contributed by atoms with van der Waals surface area (Å²) in [7, 11) is 2.03. The second-order valence-corrected chi connectivity index (χ2v) is 3.91. The molecule has 1 aromatic rings. The number of nitrogens with one attached hydrogen (secondary N) is 1. The molecule has 3 heteroatoms. The van der Waals surface area contributed by atoms with E-state index in [1.165, 1.54) is 18.7 Å². The van der Waals surface area contributed by atoms with Crippen LogP contribution in [0.1, 0.15) is 45.5 Å². The summed E-state index contributed by atoms with van der Waals surface area (Å²) in [5.74, 6) is 1.84. The molecule has 0 saturated heterocycles. The van der Waals surface area contributed by atoms with Crippen molar-refractivity contribution in [2.24, 2.45) is 5.92 Å². The van der Waals surface area contributed by atoms with E-state index in [0.29, 0.717) is 12.0 Å². The molecule has 0 aliphatic heterocycles. The first-order valence-corrected chi connectivity index (χ1v) is 5.96. The third-order valence-corrected chi connectivity index (χ3v) is 3.20.